The minimum atomic E-state index is 0. The van der Waals surface area contributed by atoms with Crippen molar-refractivity contribution in [2.75, 3.05) is 0 Å². The fourth-order valence-corrected chi connectivity index (χ4v) is 0.955. The number of aromatic nitrogens is 3. The molecule has 0 spiro atoms. The average Bonchev–Trinajstić information content (AvgIpc) is 2.50. The summed E-state index contributed by atoms with van der Waals surface area (Å²) in [5.74, 6) is 0. The summed E-state index contributed by atoms with van der Waals surface area (Å²) in [6, 6.07) is 3.87. The number of nitrogens with zero attached hydrogens (tertiary/aromatic N) is 2. The van der Waals surface area contributed by atoms with E-state index in [1.54, 1.807) is 12.3 Å². The minimum absolute atomic E-state index is 0. The monoisotopic (exact) mass is 475 g/mol. The molecule has 0 saturated heterocycles. The Morgan fingerprint density at radius 2 is 2.15 bits per heavy atom. The number of H-pyrrole nitrogens is 1. The number of fused-ring (bicyclic) bond motifs is 1. The van der Waals surface area contributed by atoms with Crippen molar-refractivity contribution >= 4 is 17.1 Å². The number of nitrogens with one attached hydrogen (secondary N) is 1. The second kappa shape index (κ2) is 5.56. The Morgan fingerprint density at radius 1 is 1.38 bits per heavy atom. The van der Waals surface area contributed by atoms with E-state index in [1.165, 1.54) is 0 Å². The van der Waals surface area contributed by atoms with Crippen LogP contribution < -0.4 is 0 Å². The zero-order chi connectivity index (χ0) is 7.68. The Hall–Kier alpha value is -0.146. The largest absolute Gasteiger partial charge is 0.261 e. The maximum Gasteiger partial charge on any atom is 0.155 e. The van der Waals surface area contributed by atoms with Crippen molar-refractivity contribution in [3.8, 4) is 0 Å². The molecular weight excluding hydrogens is 470 g/mol. The molecule has 0 aromatic carbocycles. The van der Waals surface area contributed by atoms with Gasteiger partial charge < -0.3 is 0 Å². The van der Waals surface area contributed by atoms with Gasteiger partial charge in [0.1, 0.15) is 0 Å². The Bertz CT molecular complexity index is 399. The van der Waals surface area contributed by atoms with Crippen molar-refractivity contribution in [2.24, 2.45) is 0 Å². The van der Waals surface area contributed by atoms with Gasteiger partial charge in [0.25, 0.3) is 0 Å². The number of hydrogen-bond acceptors (Lipinski definition) is 2. The third-order valence-corrected chi connectivity index (χ3v) is 1.53. The average molecular weight is 477 g/mol. The first-order valence-electron chi connectivity index (χ1n) is 3.33. The number of pyridine rings is 1. The first-order valence-corrected chi connectivity index (χ1v) is 3.33. The summed E-state index contributed by atoms with van der Waals surface area (Å²) < 4.78 is 0. The van der Waals surface area contributed by atoms with Gasteiger partial charge in [-0.15, -0.1) is 0 Å². The molecule has 2 aromatic rings. The first-order chi connectivity index (χ1) is 5.40. The third-order valence-electron chi connectivity index (χ3n) is 1.53. The number of rotatable bonds is 1. The fraction of sp³-hybridized carbons (Fsp3) is 0. The van der Waals surface area contributed by atoms with Crippen LogP contribution in [0.5, 0.6) is 0 Å². The van der Waals surface area contributed by atoms with Crippen LogP contribution in [-0.2, 0) is 32.7 Å². The zero-order valence-electron chi connectivity index (χ0n) is 6.87. The molecule has 0 unspecified atom stereocenters. The molecule has 0 aliphatic rings. The van der Waals surface area contributed by atoms with E-state index in [0.29, 0.717) is 0 Å². The molecule has 0 amide bonds. The first kappa shape index (κ1) is 12.9. The maximum absolute atomic E-state index is 4.22. The van der Waals surface area contributed by atoms with Crippen molar-refractivity contribution < 1.29 is 47.0 Å². The van der Waals surface area contributed by atoms with Gasteiger partial charge in [0, 0.05) is 52.4 Å². The van der Waals surface area contributed by atoms with E-state index in [9.17, 15) is 0 Å². The van der Waals surface area contributed by atoms with Gasteiger partial charge in [-0.25, -0.2) is 4.98 Å². The van der Waals surface area contributed by atoms with E-state index < -0.39 is 0 Å². The Balaban J connectivity index is 0.000000720. The predicted molar refractivity (Wildman–Crippen MR) is 44.0 cm³/mol. The van der Waals surface area contributed by atoms with Crippen molar-refractivity contribution in [3.05, 3.63) is 30.6 Å². The summed E-state index contributed by atoms with van der Waals surface area (Å²) in [4.78, 5) is 4.22. The number of aromatic amines is 1. The van der Waals surface area contributed by atoms with Crippen LogP contribution in [-0.4, -0.2) is 15.2 Å². The van der Waals surface area contributed by atoms with Crippen LogP contribution in [0.1, 0.15) is 5.69 Å². The molecule has 1 N–H and O–H groups in total. The molecule has 64 valence electrons. The fourth-order valence-electron chi connectivity index (χ4n) is 0.955. The second-order valence-electron chi connectivity index (χ2n) is 2.25. The summed E-state index contributed by atoms with van der Waals surface area (Å²) in [6.07, 6.45) is 3.45. The Labute approximate surface area is 109 Å². The van der Waals surface area contributed by atoms with E-state index in [2.05, 4.69) is 21.8 Å². The second-order valence-corrected chi connectivity index (χ2v) is 2.25. The maximum atomic E-state index is 4.22. The molecule has 3 nitrogen and oxygen atoms in total. The standard InChI is InChI=1S/C8H7N3.Am.Y/c1-2-7-4-3-6-5-9-11-8(6)10-7;;/h2-5H,1H2,(H,9,10,11);;. The predicted octanol–water partition coefficient (Wildman–Crippen LogP) is 1.60. The molecule has 0 saturated carbocycles. The van der Waals surface area contributed by atoms with Crippen LogP contribution in [0.25, 0.3) is 17.1 Å². The molecule has 2 heterocycles. The molecule has 2 radical (unpaired) electrons. The molecular formula is C8H7AmN3Y. The van der Waals surface area contributed by atoms with E-state index in [0.717, 1.165) is 16.7 Å². The van der Waals surface area contributed by atoms with Crippen molar-refractivity contribution in [1.29, 1.82) is 0 Å². The van der Waals surface area contributed by atoms with E-state index in [-0.39, 0.29) is 47.0 Å². The van der Waals surface area contributed by atoms with Crippen LogP contribution in [0.2, 0.25) is 0 Å². The topological polar surface area (TPSA) is 41.6 Å². The van der Waals surface area contributed by atoms with Crippen molar-refractivity contribution in [3.63, 3.8) is 0 Å². The molecule has 13 heavy (non-hydrogen) atoms. The summed E-state index contributed by atoms with van der Waals surface area (Å²) >= 11 is 0. The smallest absolute Gasteiger partial charge is 0.155 e. The third kappa shape index (κ3) is 2.65. The van der Waals surface area contributed by atoms with Crippen LogP contribution in [0.15, 0.2) is 24.9 Å². The Kier molecular flexibility index (Phi) is 5.49. The molecule has 2 rings (SSSR count). The van der Waals surface area contributed by atoms with Gasteiger partial charge in [0.05, 0.1) is 11.9 Å². The summed E-state index contributed by atoms with van der Waals surface area (Å²) in [5, 5.41) is 7.66. The van der Waals surface area contributed by atoms with Crippen LogP contribution in [0, 0.1) is 14.3 Å². The molecule has 2 aromatic heterocycles. The Morgan fingerprint density at radius 3 is 2.85 bits per heavy atom. The molecule has 0 aliphatic carbocycles. The van der Waals surface area contributed by atoms with Crippen LogP contribution in [0.3, 0.4) is 0 Å². The van der Waals surface area contributed by atoms with E-state index >= 15 is 0 Å². The van der Waals surface area contributed by atoms with Gasteiger partial charge in [0.15, 0.2) is 5.65 Å². The van der Waals surface area contributed by atoms with Gasteiger partial charge in [-0.2, -0.15) is 5.10 Å². The minimum Gasteiger partial charge on any atom is -0.261 e. The van der Waals surface area contributed by atoms with E-state index in [1.807, 2.05) is 12.1 Å². The summed E-state index contributed by atoms with van der Waals surface area (Å²) in [7, 11) is 0. The molecule has 0 fully saturated rings. The SMILES string of the molecule is C=Cc1ccc2cn[nH]c2n1.[Am].[Y]. The van der Waals surface area contributed by atoms with Crippen LogP contribution in [0.4, 0.5) is 0 Å². The molecule has 0 atom stereocenters. The summed E-state index contributed by atoms with van der Waals surface area (Å²) in [6.45, 7) is 3.63. The van der Waals surface area contributed by atoms with Crippen LogP contribution >= 0.6 is 0 Å². The van der Waals surface area contributed by atoms with Gasteiger partial charge in [0.2, 0.25) is 0 Å². The molecule has 5 heteroatoms. The molecule has 0 bridgehead atoms. The molecule has 0 aliphatic heterocycles. The van der Waals surface area contributed by atoms with Crippen molar-refractivity contribution in [1.82, 2.24) is 15.2 Å². The van der Waals surface area contributed by atoms with Gasteiger partial charge in [-0.05, 0) is 18.2 Å². The van der Waals surface area contributed by atoms with Gasteiger partial charge >= 0.3 is 0 Å². The van der Waals surface area contributed by atoms with Gasteiger partial charge in [-0.1, -0.05) is 6.58 Å². The number of hydrogen-bond donors (Lipinski definition) is 1. The van der Waals surface area contributed by atoms with E-state index in [4.69, 9.17) is 0 Å². The normalized spacial score (nSPS) is 8.62. The van der Waals surface area contributed by atoms with Gasteiger partial charge in [-0.3, -0.25) is 5.10 Å². The van der Waals surface area contributed by atoms with Crippen molar-refractivity contribution in [2.45, 2.75) is 0 Å². The summed E-state index contributed by atoms with van der Waals surface area (Å²) in [5.41, 5.74) is 1.67. The zero-order valence-corrected chi connectivity index (χ0v) is 12.9. The quantitative estimate of drug-likeness (QED) is 0.679.